The van der Waals surface area contributed by atoms with E-state index in [2.05, 4.69) is 20.6 Å². The average molecular weight is 270 g/mol. The highest BCUT2D eigenvalue weighted by Gasteiger charge is 2.17. The molecule has 0 radical (unpaired) electrons. The topological polar surface area (TPSA) is 69.8 Å². The lowest BCUT2D eigenvalue weighted by atomic mass is 10.1. The van der Waals surface area contributed by atoms with Crippen LogP contribution in [0.15, 0.2) is 36.8 Å². The Balaban J connectivity index is 1.59. The third-order valence-corrected chi connectivity index (χ3v) is 3.57. The van der Waals surface area contributed by atoms with Crippen LogP contribution in [0.1, 0.15) is 19.3 Å². The Morgan fingerprint density at radius 2 is 2.20 bits per heavy atom. The molecule has 3 N–H and O–H groups in total. The van der Waals surface area contributed by atoms with Crippen molar-refractivity contribution in [3.63, 3.8) is 0 Å². The van der Waals surface area contributed by atoms with Crippen molar-refractivity contribution in [2.75, 3.05) is 11.9 Å². The van der Waals surface area contributed by atoms with Crippen LogP contribution in [0.25, 0.3) is 11.3 Å². The van der Waals surface area contributed by atoms with Gasteiger partial charge in [0.25, 0.3) is 0 Å². The molecule has 1 saturated heterocycles. The molecule has 1 unspecified atom stereocenters. The summed E-state index contributed by atoms with van der Waals surface area (Å²) in [4.78, 5) is 19.0. The normalized spacial score (nSPS) is 18.1. The van der Waals surface area contributed by atoms with Gasteiger partial charge in [0.05, 0.1) is 18.2 Å². The zero-order valence-corrected chi connectivity index (χ0v) is 11.2. The molecule has 1 atom stereocenters. The predicted molar refractivity (Wildman–Crippen MR) is 78.3 cm³/mol. The Labute approximate surface area is 117 Å². The fourth-order valence-corrected chi connectivity index (χ4v) is 2.51. The third kappa shape index (κ3) is 3.05. The van der Waals surface area contributed by atoms with Crippen molar-refractivity contribution in [2.24, 2.45) is 0 Å². The molecule has 3 rings (SSSR count). The maximum Gasteiger partial charge on any atom is 0.225 e. The van der Waals surface area contributed by atoms with Crippen LogP contribution >= 0.6 is 0 Å². The fourth-order valence-electron chi connectivity index (χ4n) is 2.51. The largest absolute Gasteiger partial charge is 0.345 e. The Morgan fingerprint density at radius 3 is 2.85 bits per heavy atom. The molecule has 1 aromatic heterocycles. The zero-order chi connectivity index (χ0) is 13.8. The predicted octanol–water partition coefficient (Wildman–Crippen LogP) is 2.16. The minimum atomic E-state index is 0.0682. The number of carbonyl (C=O) groups is 1. The first-order valence-corrected chi connectivity index (χ1v) is 6.93. The minimum Gasteiger partial charge on any atom is -0.345 e. The maximum absolute atomic E-state index is 11.9. The van der Waals surface area contributed by atoms with Gasteiger partial charge in [-0.25, -0.2) is 4.98 Å². The Kier molecular flexibility index (Phi) is 3.78. The van der Waals surface area contributed by atoms with Gasteiger partial charge in [0.2, 0.25) is 5.91 Å². The van der Waals surface area contributed by atoms with E-state index in [1.54, 1.807) is 12.5 Å². The number of carbonyl (C=O) groups excluding carboxylic acids is 1. The summed E-state index contributed by atoms with van der Waals surface area (Å²) in [7, 11) is 0. The van der Waals surface area contributed by atoms with Crippen LogP contribution in [0.3, 0.4) is 0 Å². The second-order valence-corrected chi connectivity index (χ2v) is 5.09. The smallest absolute Gasteiger partial charge is 0.225 e. The van der Waals surface area contributed by atoms with E-state index in [1.165, 1.54) is 0 Å². The first-order chi connectivity index (χ1) is 9.81. The van der Waals surface area contributed by atoms with Gasteiger partial charge in [-0.05, 0) is 37.1 Å². The number of hydrogen-bond acceptors (Lipinski definition) is 3. The molecule has 20 heavy (non-hydrogen) atoms. The van der Waals surface area contributed by atoms with Gasteiger partial charge in [-0.1, -0.05) is 12.1 Å². The van der Waals surface area contributed by atoms with Crippen molar-refractivity contribution in [1.29, 1.82) is 0 Å². The third-order valence-electron chi connectivity index (χ3n) is 3.57. The quantitative estimate of drug-likeness (QED) is 0.797. The molecule has 1 aliphatic rings. The van der Waals surface area contributed by atoms with Crippen LogP contribution < -0.4 is 10.6 Å². The van der Waals surface area contributed by atoms with Crippen LogP contribution in [0.4, 0.5) is 5.69 Å². The highest BCUT2D eigenvalue weighted by Crippen LogP contribution is 2.19. The number of benzene rings is 1. The minimum absolute atomic E-state index is 0.0682. The van der Waals surface area contributed by atoms with Gasteiger partial charge in [0.15, 0.2) is 0 Å². The lowest BCUT2D eigenvalue weighted by molar-refractivity contribution is -0.116. The summed E-state index contributed by atoms with van der Waals surface area (Å²) >= 11 is 0. The van der Waals surface area contributed by atoms with Crippen molar-refractivity contribution in [1.82, 2.24) is 15.3 Å². The molecule has 0 saturated carbocycles. The van der Waals surface area contributed by atoms with Crippen LogP contribution in [0.2, 0.25) is 0 Å². The summed E-state index contributed by atoms with van der Waals surface area (Å²) in [6.45, 7) is 1.02. The standard InChI is InChI=1S/C15H18N4O/c20-15(8-13-2-1-7-17-13)19-12-5-3-11(4-6-12)14-9-16-10-18-14/h3-6,9-10,13,17H,1-2,7-8H2,(H,16,18)(H,19,20). The molecule has 1 amide bonds. The number of H-pyrrole nitrogens is 1. The van der Waals surface area contributed by atoms with Crippen molar-refractivity contribution in [3.8, 4) is 11.3 Å². The molecule has 0 bridgehead atoms. The van der Waals surface area contributed by atoms with Crippen molar-refractivity contribution in [2.45, 2.75) is 25.3 Å². The zero-order valence-electron chi connectivity index (χ0n) is 11.2. The summed E-state index contributed by atoms with van der Waals surface area (Å²) in [6, 6.07) is 8.10. The summed E-state index contributed by atoms with van der Waals surface area (Å²) in [5.74, 6) is 0.0682. The lowest BCUT2D eigenvalue weighted by Crippen LogP contribution is -2.27. The van der Waals surface area contributed by atoms with E-state index in [4.69, 9.17) is 0 Å². The van der Waals surface area contributed by atoms with E-state index in [0.717, 1.165) is 36.3 Å². The number of nitrogens with zero attached hydrogens (tertiary/aromatic N) is 1. The van der Waals surface area contributed by atoms with Gasteiger partial charge < -0.3 is 15.6 Å². The summed E-state index contributed by atoms with van der Waals surface area (Å²) in [5, 5.41) is 6.27. The van der Waals surface area contributed by atoms with Crippen LogP contribution in [-0.4, -0.2) is 28.5 Å². The van der Waals surface area contributed by atoms with Crippen LogP contribution in [-0.2, 0) is 4.79 Å². The van der Waals surface area contributed by atoms with Gasteiger partial charge in [0.1, 0.15) is 0 Å². The first kappa shape index (κ1) is 12.9. The molecule has 104 valence electrons. The Morgan fingerprint density at radius 1 is 1.35 bits per heavy atom. The molecule has 2 aromatic rings. The van der Waals surface area contributed by atoms with Crippen LogP contribution in [0.5, 0.6) is 0 Å². The molecule has 1 fully saturated rings. The molecule has 5 heteroatoms. The van der Waals surface area contributed by atoms with E-state index >= 15 is 0 Å². The van der Waals surface area contributed by atoms with Gasteiger partial charge in [-0.3, -0.25) is 4.79 Å². The molecule has 1 aromatic carbocycles. The van der Waals surface area contributed by atoms with E-state index in [1.807, 2.05) is 24.3 Å². The van der Waals surface area contributed by atoms with Gasteiger partial charge in [-0.15, -0.1) is 0 Å². The SMILES string of the molecule is O=C(CC1CCCN1)Nc1ccc(-c2cnc[nH]2)cc1. The van der Waals surface area contributed by atoms with Gasteiger partial charge in [-0.2, -0.15) is 0 Å². The molecular weight excluding hydrogens is 252 g/mol. The summed E-state index contributed by atoms with van der Waals surface area (Å²) < 4.78 is 0. The average Bonchev–Trinajstić information content (AvgIpc) is 3.12. The fraction of sp³-hybridized carbons (Fsp3) is 0.333. The molecule has 5 nitrogen and oxygen atoms in total. The molecule has 0 aliphatic carbocycles. The van der Waals surface area contributed by atoms with E-state index in [9.17, 15) is 4.79 Å². The highest BCUT2D eigenvalue weighted by atomic mass is 16.1. The number of nitrogens with one attached hydrogen (secondary N) is 3. The summed E-state index contributed by atoms with van der Waals surface area (Å²) in [5.41, 5.74) is 2.85. The summed E-state index contributed by atoms with van der Waals surface area (Å²) in [6.07, 6.45) is 6.23. The number of rotatable bonds is 4. The molecule has 2 heterocycles. The lowest BCUT2D eigenvalue weighted by Gasteiger charge is -2.10. The molecule has 0 spiro atoms. The Bertz CT molecular complexity index is 556. The van der Waals surface area contributed by atoms with Gasteiger partial charge in [0, 0.05) is 18.2 Å². The number of anilines is 1. The molecular formula is C15H18N4O. The number of imidazole rings is 1. The number of hydrogen-bond donors (Lipinski definition) is 3. The van der Waals surface area contributed by atoms with Crippen molar-refractivity contribution in [3.05, 3.63) is 36.8 Å². The van der Waals surface area contributed by atoms with Gasteiger partial charge >= 0.3 is 0 Å². The monoisotopic (exact) mass is 270 g/mol. The second kappa shape index (κ2) is 5.88. The number of amides is 1. The second-order valence-electron chi connectivity index (χ2n) is 5.09. The van der Waals surface area contributed by atoms with E-state index in [-0.39, 0.29) is 5.91 Å². The van der Waals surface area contributed by atoms with E-state index in [0.29, 0.717) is 12.5 Å². The van der Waals surface area contributed by atoms with Crippen molar-refractivity contribution >= 4 is 11.6 Å². The Hall–Kier alpha value is -2.14. The highest BCUT2D eigenvalue weighted by molar-refractivity contribution is 5.91. The first-order valence-electron chi connectivity index (χ1n) is 6.93. The maximum atomic E-state index is 11.9. The number of aromatic amines is 1. The van der Waals surface area contributed by atoms with E-state index < -0.39 is 0 Å². The number of aromatic nitrogens is 2. The molecule has 1 aliphatic heterocycles. The van der Waals surface area contributed by atoms with Crippen LogP contribution in [0, 0.1) is 0 Å². The van der Waals surface area contributed by atoms with Crippen molar-refractivity contribution < 1.29 is 4.79 Å².